The van der Waals surface area contributed by atoms with Crippen LogP contribution in [0.3, 0.4) is 0 Å². The first-order chi connectivity index (χ1) is 9.10. The van der Waals surface area contributed by atoms with E-state index in [1.165, 1.54) is 12.4 Å². The SMILES string of the molecule is CCCC1(CO)CCN(c2cnc(C(=O)O)cn2)C1. The first kappa shape index (κ1) is 13.7. The van der Waals surface area contributed by atoms with Crippen molar-refractivity contribution < 1.29 is 15.0 Å². The second-order valence-electron chi connectivity index (χ2n) is 5.14. The average Bonchev–Trinajstić information content (AvgIpc) is 2.84. The lowest BCUT2D eigenvalue weighted by atomic mass is 9.83. The summed E-state index contributed by atoms with van der Waals surface area (Å²) in [5.41, 5.74) is -0.105. The highest BCUT2D eigenvalue weighted by Gasteiger charge is 2.37. The van der Waals surface area contributed by atoms with Gasteiger partial charge < -0.3 is 15.1 Å². The van der Waals surface area contributed by atoms with Gasteiger partial charge in [-0.1, -0.05) is 13.3 Å². The molecule has 0 aromatic carbocycles. The molecule has 1 aromatic rings. The number of anilines is 1. The van der Waals surface area contributed by atoms with Crippen LogP contribution in [0.25, 0.3) is 0 Å². The normalized spacial score (nSPS) is 22.7. The molecule has 1 unspecified atom stereocenters. The van der Waals surface area contributed by atoms with Gasteiger partial charge in [-0.3, -0.25) is 0 Å². The number of carboxylic acids is 1. The second-order valence-corrected chi connectivity index (χ2v) is 5.14. The Morgan fingerprint density at radius 1 is 1.47 bits per heavy atom. The van der Waals surface area contributed by atoms with Gasteiger partial charge in [-0.15, -0.1) is 0 Å². The van der Waals surface area contributed by atoms with Crippen molar-refractivity contribution in [3.63, 3.8) is 0 Å². The van der Waals surface area contributed by atoms with E-state index in [2.05, 4.69) is 21.8 Å². The molecule has 1 fully saturated rings. The number of nitrogens with zero attached hydrogens (tertiary/aromatic N) is 3. The van der Waals surface area contributed by atoms with Crippen LogP contribution in [0.4, 0.5) is 5.82 Å². The number of hydrogen-bond donors (Lipinski definition) is 2. The zero-order valence-electron chi connectivity index (χ0n) is 11.0. The number of hydrogen-bond acceptors (Lipinski definition) is 5. The van der Waals surface area contributed by atoms with E-state index in [4.69, 9.17) is 5.11 Å². The third-order valence-electron chi connectivity index (χ3n) is 3.74. The molecule has 104 valence electrons. The maximum Gasteiger partial charge on any atom is 0.356 e. The lowest BCUT2D eigenvalue weighted by molar-refractivity contribution is 0.0690. The minimum Gasteiger partial charge on any atom is -0.476 e. The van der Waals surface area contributed by atoms with Gasteiger partial charge in [0.1, 0.15) is 5.82 Å². The minimum atomic E-state index is -1.07. The van der Waals surface area contributed by atoms with E-state index < -0.39 is 5.97 Å². The Balaban J connectivity index is 2.09. The number of aliphatic hydroxyl groups excluding tert-OH is 1. The molecule has 0 radical (unpaired) electrons. The average molecular weight is 265 g/mol. The molecule has 1 atom stereocenters. The van der Waals surface area contributed by atoms with E-state index in [1.54, 1.807) is 0 Å². The van der Waals surface area contributed by atoms with Gasteiger partial charge in [0.25, 0.3) is 0 Å². The number of aromatic carboxylic acids is 1. The molecular formula is C13H19N3O3. The van der Waals surface area contributed by atoms with Crippen molar-refractivity contribution >= 4 is 11.8 Å². The predicted octanol–water partition coefficient (Wildman–Crippen LogP) is 1.16. The van der Waals surface area contributed by atoms with Crippen LogP contribution in [0, 0.1) is 5.41 Å². The van der Waals surface area contributed by atoms with E-state index in [9.17, 15) is 9.90 Å². The first-order valence-corrected chi connectivity index (χ1v) is 6.51. The summed E-state index contributed by atoms with van der Waals surface area (Å²) in [6.07, 6.45) is 5.72. The van der Waals surface area contributed by atoms with Gasteiger partial charge in [-0.25, -0.2) is 14.8 Å². The topological polar surface area (TPSA) is 86.5 Å². The zero-order valence-corrected chi connectivity index (χ0v) is 11.0. The Morgan fingerprint density at radius 3 is 2.79 bits per heavy atom. The molecule has 1 aromatic heterocycles. The van der Waals surface area contributed by atoms with E-state index in [0.717, 1.165) is 32.4 Å². The van der Waals surface area contributed by atoms with Gasteiger partial charge in [0.05, 0.1) is 19.0 Å². The molecule has 0 saturated carbocycles. The van der Waals surface area contributed by atoms with E-state index in [-0.39, 0.29) is 17.7 Å². The maximum absolute atomic E-state index is 10.7. The second kappa shape index (κ2) is 5.52. The van der Waals surface area contributed by atoms with Gasteiger partial charge in [0.15, 0.2) is 5.69 Å². The standard InChI is InChI=1S/C13H19N3O3/c1-2-3-13(9-17)4-5-16(8-13)11-7-14-10(6-15-11)12(18)19/h6-7,17H,2-5,8-9H2,1H3,(H,18,19). The van der Waals surface area contributed by atoms with Gasteiger partial charge >= 0.3 is 5.97 Å². The van der Waals surface area contributed by atoms with Crippen molar-refractivity contribution in [2.24, 2.45) is 5.41 Å². The van der Waals surface area contributed by atoms with Crippen LogP contribution in [0.5, 0.6) is 0 Å². The molecule has 19 heavy (non-hydrogen) atoms. The Bertz CT molecular complexity index is 449. The van der Waals surface area contributed by atoms with Crippen LogP contribution in [-0.2, 0) is 0 Å². The van der Waals surface area contributed by atoms with Gasteiger partial charge in [-0.2, -0.15) is 0 Å². The van der Waals surface area contributed by atoms with Crippen LogP contribution in [0.15, 0.2) is 12.4 Å². The van der Waals surface area contributed by atoms with Crippen molar-refractivity contribution in [1.29, 1.82) is 0 Å². The van der Waals surface area contributed by atoms with E-state index >= 15 is 0 Å². The molecule has 0 aliphatic carbocycles. The van der Waals surface area contributed by atoms with Gasteiger partial charge in [-0.05, 0) is 12.8 Å². The highest BCUT2D eigenvalue weighted by molar-refractivity contribution is 5.84. The third-order valence-corrected chi connectivity index (χ3v) is 3.74. The molecule has 1 saturated heterocycles. The van der Waals surface area contributed by atoms with E-state index in [0.29, 0.717) is 5.82 Å². The van der Waals surface area contributed by atoms with Gasteiger partial charge in [0, 0.05) is 18.5 Å². The summed E-state index contributed by atoms with van der Waals surface area (Å²) >= 11 is 0. The molecule has 1 aliphatic rings. The van der Waals surface area contributed by atoms with Crippen molar-refractivity contribution in [2.45, 2.75) is 26.2 Å². The van der Waals surface area contributed by atoms with Crippen molar-refractivity contribution in [3.8, 4) is 0 Å². The summed E-state index contributed by atoms with van der Waals surface area (Å²) in [5.74, 6) is -0.396. The molecule has 0 amide bonds. The molecule has 6 heteroatoms. The molecule has 1 aliphatic heterocycles. The summed E-state index contributed by atoms with van der Waals surface area (Å²) in [6, 6.07) is 0. The Kier molecular flexibility index (Phi) is 3.99. The third kappa shape index (κ3) is 2.84. The number of aliphatic hydroxyl groups is 1. The summed E-state index contributed by atoms with van der Waals surface area (Å²) in [6.45, 7) is 3.86. The molecule has 2 N–H and O–H groups in total. The lowest BCUT2D eigenvalue weighted by Gasteiger charge is -2.26. The van der Waals surface area contributed by atoms with Crippen molar-refractivity contribution in [1.82, 2.24) is 9.97 Å². The fourth-order valence-corrected chi connectivity index (χ4v) is 2.67. The molecule has 2 rings (SSSR count). The zero-order chi connectivity index (χ0) is 13.9. The minimum absolute atomic E-state index is 0.0510. The molecular weight excluding hydrogens is 246 g/mol. The largest absolute Gasteiger partial charge is 0.476 e. The van der Waals surface area contributed by atoms with Crippen LogP contribution in [-0.4, -0.2) is 45.8 Å². The molecule has 2 heterocycles. The Morgan fingerprint density at radius 2 is 2.26 bits per heavy atom. The first-order valence-electron chi connectivity index (χ1n) is 6.51. The fraction of sp³-hybridized carbons (Fsp3) is 0.615. The Labute approximate surface area is 112 Å². The summed E-state index contributed by atoms with van der Waals surface area (Å²) < 4.78 is 0. The highest BCUT2D eigenvalue weighted by atomic mass is 16.4. The quantitative estimate of drug-likeness (QED) is 0.831. The molecule has 0 spiro atoms. The smallest absolute Gasteiger partial charge is 0.356 e. The van der Waals surface area contributed by atoms with Crippen LogP contribution < -0.4 is 4.90 Å². The molecule has 0 bridgehead atoms. The van der Waals surface area contributed by atoms with E-state index in [1.807, 2.05) is 0 Å². The molecule has 6 nitrogen and oxygen atoms in total. The van der Waals surface area contributed by atoms with Gasteiger partial charge in [0.2, 0.25) is 0 Å². The maximum atomic E-state index is 10.7. The fourth-order valence-electron chi connectivity index (χ4n) is 2.67. The number of aromatic nitrogens is 2. The number of carbonyl (C=O) groups is 1. The van der Waals surface area contributed by atoms with Crippen molar-refractivity contribution in [2.75, 3.05) is 24.6 Å². The lowest BCUT2D eigenvalue weighted by Crippen LogP contribution is -2.30. The Hall–Kier alpha value is -1.69. The summed E-state index contributed by atoms with van der Waals surface area (Å²) in [5, 5.41) is 18.4. The van der Waals surface area contributed by atoms with Crippen LogP contribution in [0.1, 0.15) is 36.7 Å². The van der Waals surface area contributed by atoms with Crippen molar-refractivity contribution in [3.05, 3.63) is 18.1 Å². The monoisotopic (exact) mass is 265 g/mol. The van der Waals surface area contributed by atoms with Crippen LogP contribution >= 0.6 is 0 Å². The highest BCUT2D eigenvalue weighted by Crippen LogP contribution is 2.36. The van der Waals surface area contributed by atoms with Crippen LogP contribution in [0.2, 0.25) is 0 Å². The predicted molar refractivity (Wildman–Crippen MR) is 70.2 cm³/mol. The summed E-state index contributed by atoms with van der Waals surface area (Å²) in [7, 11) is 0. The summed E-state index contributed by atoms with van der Waals surface area (Å²) in [4.78, 5) is 20.8. The number of carboxylic acid groups (broad SMARTS) is 1. The number of rotatable bonds is 5.